The van der Waals surface area contributed by atoms with E-state index in [1.165, 1.54) is 23.4 Å². The number of anilines is 3. The molecule has 4 aromatic rings. The first-order chi connectivity index (χ1) is 18.6. The van der Waals surface area contributed by atoms with Crippen LogP contribution in [0.1, 0.15) is 23.2 Å². The van der Waals surface area contributed by atoms with Crippen LogP contribution in [-0.2, 0) is 0 Å². The fraction of sp³-hybridized carbons (Fsp3) is 0.233. The number of carbonyl (C=O) groups excluding carboxylic acids is 1. The first-order valence-corrected chi connectivity index (χ1v) is 12.8. The number of benzene rings is 3. The predicted octanol–water partition coefficient (Wildman–Crippen LogP) is 6.00. The number of nitrogens with one attached hydrogen (secondary N) is 1. The van der Waals surface area contributed by atoms with Gasteiger partial charge in [0.1, 0.15) is 12.1 Å². The van der Waals surface area contributed by atoms with E-state index in [-0.39, 0.29) is 18.3 Å². The molecule has 9 heteroatoms. The second-order valence-electron chi connectivity index (χ2n) is 9.87. The number of ether oxygens (including phenoxy) is 1. The maximum Gasteiger partial charge on any atom is 0.262 e. The minimum Gasteiger partial charge on any atom is -0.450 e. The Balaban J connectivity index is 0.00000308. The van der Waals surface area contributed by atoms with E-state index in [1.54, 1.807) is 36.5 Å². The molecule has 1 N–H and O–H groups in total. The van der Waals surface area contributed by atoms with Crippen molar-refractivity contribution in [2.75, 3.05) is 36.0 Å². The molecular weight excluding hydrogens is 517 g/mol. The first-order valence-electron chi connectivity index (χ1n) is 12.8. The molecule has 0 bridgehead atoms. The fourth-order valence-corrected chi connectivity index (χ4v) is 5.33. The minimum absolute atomic E-state index is 0. The zero-order chi connectivity index (χ0) is 26.0. The quantitative estimate of drug-likeness (QED) is 0.320. The summed E-state index contributed by atoms with van der Waals surface area (Å²) in [4.78, 5) is 26.2. The van der Waals surface area contributed by atoms with E-state index in [1.807, 2.05) is 36.4 Å². The van der Waals surface area contributed by atoms with E-state index < -0.39 is 5.82 Å². The van der Waals surface area contributed by atoms with Gasteiger partial charge < -0.3 is 15.0 Å². The lowest BCUT2D eigenvalue weighted by Gasteiger charge is -2.53. The van der Waals surface area contributed by atoms with Crippen molar-refractivity contribution in [3.05, 3.63) is 103 Å². The number of aromatic nitrogens is 2. The third-order valence-corrected chi connectivity index (χ3v) is 7.30. The van der Waals surface area contributed by atoms with Crippen LogP contribution in [0, 0.1) is 11.2 Å². The van der Waals surface area contributed by atoms with Gasteiger partial charge in [-0.1, -0.05) is 36.4 Å². The second-order valence-corrected chi connectivity index (χ2v) is 9.87. The van der Waals surface area contributed by atoms with Gasteiger partial charge in [-0.2, -0.15) is 0 Å². The van der Waals surface area contributed by atoms with Gasteiger partial charge in [-0.25, -0.2) is 14.4 Å². The maximum absolute atomic E-state index is 14.7. The van der Waals surface area contributed by atoms with Crippen molar-refractivity contribution in [2.24, 2.45) is 5.41 Å². The molecule has 2 aliphatic heterocycles. The highest BCUT2D eigenvalue weighted by molar-refractivity contribution is 6.11. The highest BCUT2D eigenvalue weighted by atomic mass is 35.5. The number of nitrogens with zero attached hydrogens (tertiary/aromatic N) is 4. The molecule has 0 radical (unpaired) electrons. The molecule has 3 aromatic carbocycles. The zero-order valence-corrected chi connectivity index (χ0v) is 22.1. The van der Waals surface area contributed by atoms with Gasteiger partial charge in [-0.05, 0) is 62.3 Å². The van der Waals surface area contributed by atoms with E-state index in [0.717, 1.165) is 39.0 Å². The summed E-state index contributed by atoms with van der Waals surface area (Å²) in [5, 5.41) is 3.43. The normalized spacial score (nSPS) is 15.7. The first kappa shape index (κ1) is 26.6. The van der Waals surface area contributed by atoms with Crippen molar-refractivity contribution in [2.45, 2.75) is 12.8 Å². The van der Waals surface area contributed by atoms with Gasteiger partial charge in [0.2, 0.25) is 0 Å². The maximum atomic E-state index is 14.7. The van der Waals surface area contributed by atoms with Crippen LogP contribution in [0.3, 0.4) is 0 Å². The van der Waals surface area contributed by atoms with E-state index in [4.69, 9.17) is 4.74 Å². The van der Waals surface area contributed by atoms with Crippen LogP contribution in [0.4, 0.5) is 21.6 Å². The average Bonchev–Trinajstić information content (AvgIpc) is 2.95. The second kappa shape index (κ2) is 11.4. The number of hydrogen-bond acceptors (Lipinski definition) is 6. The van der Waals surface area contributed by atoms with E-state index in [9.17, 15) is 9.18 Å². The minimum atomic E-state index is -0.478. The van der Waals surface area contributed by atoms with Crippen LogP contribution >= 0.6 is 12.4 Å². The van der Waals surface area contributed by atoms with Crippen molar-refractivity contribution in [3.63, 3.8) is 0 Å². The molecule has 39 heavy (non-hydrogen) atoms. The molecule has 2 saturated heterocycles. The molecule has 1 spiro atoms. The molecule has 6 rings (SSSR count). The van der Waals surface area contributed by atoms with Crippen molar-refractivity contribution in [1.82, 2.24) is 15.3 Å². The molecular formula is C30H29ClFN5O2. The van der Waals surface area contributed by atoms with E-state index in [2.05, 4.69) is 20.2 Å². The van der Waals surface area contributed by atoms with Crippen molar-refractivity contribution in [1.29, 1.82) is 0 Å². The van der Waals surface area contributed by atoms with Crippen LogP contribution in [-0.4, -0.2) is 42.1 Å². The Bertz CT molecular complexity index is 1430. The van der Waals surface area contributed by atoms with Crippen LogP contribution in [0.15, 0.2) is 91.4 Å². The van der Waals surface area contributed by atoms with E-state index in [0.29, 0.717) is 39.7 Å². The Morgan fingerprint density at radius 3 is 2.36 bits per heavy atom. The standard InChI is InChI=1S/C30H28FN5O2.ClH/c31-23-11-12-26(38-27-18-33-21-34-28(27)35-19-30(20-35)13-15-32-16-14-30)25(17-23)36(24-9-5-2-6-10-24)29(37)22-7-3-1-4-8-22;/h1-12,17-18,21,32H,13-16,19-20H2;1H. The molecule has 2 aliphatic rings. The summed E-state index contributed by atoms with van der Waals surface area (Å²) < 4.78 is 21.0. The SMILES string of the molecule is Cl.O=C(c1ccccc1)N(c1ccccc1)c1cc(F)ccc1Oc1cncnc1N1CC2(CCNCC2)C1. The third kappa shape index (κ3) is 5.44. The molecule has 0 saturated carbocycles. The van der Waals surface area contributed by atoms with Crippen molar-refractivity contribution >= 4 is 35.5 Å². The Hall–Kier alpha value is -4.01. The Morgan fingerprint density at radius 2 is 1.64 bits per heavy atom. The molecule has 200 valence electrons. The molecule has 0 aliphatic carbocycles. The molecule has 0 unspecified atom stereocenters. The molecule has 3 heterocycles. The van der Waals surface area contributed by atoms with Crippen LogP contribution < -0.4 is 19.9 Å². The Morgan fingerprint density at radius 1 is 0.949 bits per heavy atom. The lowest BCUT2D eigenvalue weighted by atomic mass is 9.72. The van der Waals surface area contributed by atoms with Gasteiger partial charge in [0, 0.05) is 35.8 Å². The number of piperidine rings is 1. The van der Waals surface area contributed by atoms with Gasteiger partial charge in [0.05, 0.1) is 11.9 Å². The molecule has 0 atom stereocenters. The lowest BCUT2D eigenvalue weighted by Crippen LogP contribution is -2.60. The highest BCUT2D eigenvalue weighted by Gasteiger charge is 2.44. The van der Waals surface area contributed by atoms with E-state index >= 15 is 0 Å². The average molecular weight is 546 g/mol. The van der Waals surface area contributed by atoms with Crippen LogP contribution in [0.2, 0.25) is 0 Å². The molecule has 2 fully saturated rings. The molecule has 1 amide bonds. The molecule has 7 nitrogen and oxygen atoms in total. The Kier molecular flexibility index (Phi) is 7.77. The zero-order valence-electron chi connectivity index (χ0n) is 21.3. The number of amides is 1. The topological polar surface area (TPSA) is 70.6 Å². The van der Waals surface area contributed by atoms with Crippen LogP contribution in [0.5, 0.6) is 11.5 Å². The summed E-state index contributed by atoms with van der Waals surface area (Å²) in [7, 11) is 0. The summed E-state index contributed by atoms with van der Waals surface area (Å²) in [6, 6.07) is 22.3. The van der Waals surface area contributed by atoms with Gasteiger partial charge in [0.25, 0.3) is 5.91 Å². The van der Waals surface area contributed by atoms with Gasteiger partial charge in [0.15, 0.2) is 17.3 Å². The number of rotatable bonds is 6. The summed E-state index contributed by atoms with van der Waals surface area (Å²) in [6.45, 7) is 3.87. The number of halogens is 2. The smallest absolute Gasteiger partial charge is 0.262 e. The Labute approximate surface area is 233 Å². The summed E-state index contributed by atoms with van der Waals surface area (Å²) in [6.07, 6.45) is 5.41. The number of para-hydroxylation sites is 1. The summed E-state index contributed by atoms with van der Waals surface area (Å²) >= 11 is 0. The molecule has 1 aromatic heterocycles. The van der Waals surface area contributed by atoms with Crippen LogP contribution in [0.25, 0.3) is 0 Å². The largest absolute Gasteiger partial charge is 0.450 e. The number of carbonyl (C=O) groups is 1. The number of hydrogen-bond donors (Lipinski definition) is 1. The summed E-state index contributed by atoms with van der Waals surface area (Å²) in [5.74, 6) is 0.707. The summed E-state index contributed by atoms with van der Waals surface area (Å²) in [5.41, 5.74) is 1.67. The third-order valence-electron chi connectivity index (χ3n) is 7.30. The monoisotopic (exact) mass is 545 g/mol. The predicted molar refractivity (Wildman–Crippen MR) is 152 cm³/mol. The van der Waals surface area contributed by atoms with Gasteiger partial charge in [-0.3, -0.25) is 9.69 Å². The van der Waals surface area contributed by atoms with Gasteiger partial charge in [-0.15, -0.1) is 12.4 Å². The van der Waals surface area contributed by atoms with Gasteiger partial charge >= 0.3 is 0 Å². The lowest BCUT2D eigenvalue weighted by molar-refractivity contribution is 0.0998. The van der Waals surface area contributed by atoms with Crippen molar-refractivity contribution < 1.29 is 13.9 Å². The fourth-order valence-electron chi connectivity index (χ4n) is 5.33. The highest BCUT2D eigenvalue weighted by Crippen LogP contribution is 2.45. The van der Waals surface area contributed by atoms with Crippen molar-refractivity contribution in [3.8, 4) is 11.5 Å².